The van der Waals surface area contributed by atoms with Crippen LogP contribution >= 0.6 is 0 Å². The Morgan fingerprint density at radius 1 is 0.432 bits per heavy atom. The summed E-state index contributed by atoms with van der Waals surface area (Å²) in [5, 5.41) is 5.34. The van der Waals surface area contributed by atoms with E-state index in [1.54, 1.807) is 18.2 Å². The molecule has 1 unspecified atom stereocenters. The lowest BCUT2D eigenvalue weighted by atomic mass is 10.0. The highest BCUT2D eigenvalue weighted by Gasteiger charge is 2.45. The smallest absolute Gasteiger partial charge is 0.264 e. The van der Waals surface area contributed by atoms with E-state index in [9.17, 15) is 19.2 Å². The maximum Gasteiger partial charge on any atom is 0.264 e. The number of nitrogens with one attached hydrogen (secondary N) is 2. The third kappa shape index (κ3) is 32.4. The van der Waals surface area contributed by atoms with Gasteiger partial charge in [0.05, 0.1) is 176 Å². The summed E-state index contributed by atoms with van der Waals surface area (Å²) in [5.41, 5.74) is 0.905. The Labute approximate surface area is 441 Å². The molecule has 3 rings (SSSR count). The molecule has 4 amide bonds. The van der Waals surface area contributed by atoms with Crippen molar-refractivity contribution in [3.63, 3.8) is 0 Å². The molecule has 0 aromatic heterocycles. The molecule has 1 aromatic carbocycles. The van der Waals surface area contributed by atoms with Crippen LogP contribution in [-0.2, 0) is 71.2 Å². The van der Waals surface area contributed by atoms with Gasteiger partial charge in [0.15, 0.2) is 0 Å². The predicted octanol–water partition coefficient (Wildman–Crippen LogP) is 5.81. The summed E-state index contributed by atoms with van der Waals surface area (Å²) in [6, 6.07) is 3.91. The van der Waals surface area contributed by atoms with Crippen molar-refractivity contribution in [2.75, 3.05) is 184 Å². The van der Waals surface area contributed by atoms with Crippen LogP contribution in [0.15, 0.2) is 18.2 Å². The van der Waals surface area contributed by atoms with E-state index < -0.39 is 29.7 Å². The number of ether oxygens (including phenoxy) is 13. The molecule has 0 aliphatic carbocycles. The first-order chi connectivity index (χ1) is 36.5. The SMILES string of the molecule is CCCCCCCCCCCCCCCOCCOCCOCCOCCOCCOCCOCCOCCOCCOCCOCCOCCOCCNc1cccc2c1C(=O)N(C1CCC(=O)NC1=O)C2=O. The highest BCUT2D eigenvalue weighted by atomic mass is 16.6. The second-order valence-corrected chi connectivity index (χ2v) is 17.8. The average Bonchev–Trinajstić information content (AvgIpc) is 3.66. The van der Waals surface area contributed by atoms with Crippen LogP contribution in [0.2, 0.25) is 0 Å². The molecule has 2 aliphatic rings. The highest BCUT2D eigenvalue weighted by molar-refractivity contribution is 6.25. The Balaban J connectivity index is 0.912. The molecule has 2 aliphatic heterocycles. The van der Waals surface area contributed by atoms with E-state index in [-0.39, 0.29) is 24.0 Å². The van der Waals surface area contributed by atoms with Gasteiger partial charge in [0, 0.05) is 25.3 Å². The molecule has 0 spiro atoms. The van der Waals surface area contributed by atoms with Gasteiger partial charge in [-0.05, 0) is 25.0 Å². The fraction of sp³-hybridized carbons (Fsp3) is 0.815. The van der Waals surface area contributed by atoms with Crippen molar-refractivity contribution in [3.05, 3.63) is 29.3 Å². The van der Waals surface area contributed by atoms with Crippen molar-refractivity contribution in [3.8, 4) is 0 Å². The van der Waals surface area contributed by atoms with E-state index in [4.69, 9.17) is 61.6 Å². The quantitative estimate of drug-likeness (QED) is 0.0582. The number of piperidine rings is 1. The van der Waals surface area contributed by atoms with Crippen LogP contribution in [0, 0.1) is 0 Å². The molecule has 0 saturated carbocycles. The van der Waals surface area contributed by atoms with Gasteiger partial charge in [0.2, 0.25) is 11.8 Å². The maximum atomic E-state index is 13.2. The Morgan fingerprint density at radius 2 is 0.770 bits per heavy atom. The van der Waals surface area contributed by atoms with Crippen LogP contribution in [-0.4, -0.2) is 213 Å². The number of carbonyl (C=O) groups is 4. The third-order valence-corrected chi connectivity index (χ3v) is 11.9. The van der Waals surface area contributed by atoms with Crippen molar-refractivity contribution in [2.24, 2.45) is 0 Å². The van der Waals surface area contributed by atoms with Crippen molar-refractivity contribution >= 4 is 29.3 Å². The number of benzene rings is 1. The van der Waals surface area contributed by atoms with Crippen molar-refractivity contribution in [1.82, 2.24) is 10.2 Å². The second-order valence-electron chi connectivity index (χ2n) is 17.8. The number of unbranched alkanes of at least 4 members (excludes halogenated alkanes) is 12. The standard InChI is InChI=1S/C54H93N3O17/c1-2-3-4-5-6-7-8-9-10-11-12-13-14-21-62-23-25-64-27-29-66-31-33-68-35-37-70-39-41-72-43-45-74-46-44-73-42-40-71-38-36-69-34-32-67-30-28-65-26-24-63-22-20-55-48-17-15-16-47-51(48)54(61)57(53(47)60)49-18-19-50(58)56-52(49)59/h15-17,49,55H,2-14,18-46H2,1H3,(H,56,58,59). The van der Waals surface area contributed by atoms with Crippen LogP contribution < -0.4 is 10.6 Å². The zero-order valence-electron chi connectivity index (χ0n) is 44.9. The zero-order valence-corrected chi connectivity index (χ0v) is 44.9. The number of hydrogen-bond acceptors (Lipinski definition) is 18. The lowest BCUT2D eigenvalue weighted by molar-refractivity contribution is -0.136. The van der Waals surface area contributed by atoms with Crippen molar-refractivity contribution in [1.29, 1.82) is 0 Å². The van der Waals surface area contributed by atoms with E-state index in [2.05, 4.69) is 17.6 Å². The van der Waals surface area contributed by atoms with Crippen LogP contribution in [0.4, 0.5) is 5.69 Å². The summed E-state index contributed by atoms with van der Waals surface area (Å²) in [6.07, 6.45) is 17.8. The second kappa shape index (κ2) is 47.0. The third-order valence-electron chi connectivity index (χ3n) is 11.9. The molecule has 0 radical (unpaired) electrons. The molecule has 1 saturated heterocycles. The first-order valence-corrected chi connectivity index (χ1v) is 27.6. The highest BCUT2D eigenvalue weighted by Crippen LogP contribution is 2.32. The number of fused-ring (bicyclic) bond motifs is 1. The zero-order chi connectivity index (χ0) is 52.6. The number of nitrogens with zero attached hydrogens (tertiary/aromatic N) is 1. The molecule has 2 N–H and O–H groups in total. The summed E-state index contributed by atoms with van der Waals surface area (Å²) >= 11 is 0. The Hall–Kier alpha value is -3.22. The molecule has 1 fully saturated rings. The molecule has 74 heavy (non-hydrogen) atoms. The van der Waals surface area contributed by atoms with Gasteiger partial charge in [0.1, 0.15) is 6.04 Å². The number of imide groups is 2. The summed E-state index contributed by atoms with van der Waals surface area (Å²) < 4.78 is 72.2. The lowest BCUT2D eigenvalue weighted by Crippen LogP contribution is -2.54. The number of amides is 4. The summed E-state index contributed by atoms with van der Waals surface area (Å²) in [7, 11) is 0. The molecule has 1 atom stereocenters. The number of rotatable bonds is 55. The number of anilines is 1. The number of carbonyl (C=O) groups excluding carboxylic acids is 4. The number of hydrogen-bond donors (Lipinski definition) is 2. The molecule has 2 heterocycles. The molecular formula is C54H93N3O17. The predicted molar refractivity (Wildman–Crippen MR) is 278 cm³/mol. The monoisotopic (exact) mass is 1060 g/mol. The van der Waals surface area contributed by atoms with Crippen LogP contribution in [0.5, 0.6) is 0 Å². The van der Waals surface area contributed by atoms with Gasteiger partial charge in [-0.25, -0.2) is 0 Å². The minimum Gasteiger partial charge on any atom is -0.382 e. The first kappa shape index (κ1) is 65.1. The van der Waals surface area contributed by atoms with E-state index in [0.717, 1.165) is 17.9 Å². The molecule has 20 heteroatoms. The average molecular weight is 1060 g/mol. The molecule has 426 valence electrons. The Kier molecular flexibility index (Phi) is 41.4. The molecule has 1 aromatic rings. The minimum atomic E-state index is -1.01. The molecule has 0 bridgehead atoms. The largest absolute Gasteiger partial charge is 0.382 e. The Bertz CT molecular complexity index is 1560. The van der Waals surface area contributed by atoms with Gasteiger partial charge in [-0.1, -0.05) is 90.0 Å². The maximum absolute atomic E-state index is 13.2. The normalized spacial score (nSPS) is 14.7. The van der Waals surface area contributed by atoms with Gasteiger partial charge < -0.3 is 66.9 Å². The summed E-state index contributed by atoms with van der Waals surface area (Å²) in [4.78, 5) is 51.0. The van der Waals surface area contributed by atoms with E-state index in [1.165, 1.54) is 77.0 Å². The van der Waals surface area contributed by atoms with Crippen molar-refractivity contribution < 1.29 is 80.8 Å². The van der Waals surface area contributed by atoms with Crippen LogP contribution in [0.3, 0.4) is 0 Å². The minimum absolute atomic E-state index is 0.0640. The summed E-state index contributed by atoms with van der Waals surface area (Å²) in [5.74, 6) is -2.17. The topological polar surface area (TPSA) is 216 Å². The lowest BCUT2D eigenvalue weighted by Gasteiger charge is -2.27. The van der Waals surface area contributed by atoms with Crippen LogP contribution in [0.1, 0.15) is 124 Å². The van der Waals surface area contributed by atoms with Gasteiger partial charge in [0.25, 0.3) is 11.8 Å². The fourth-order valence-corrected chi connectivity index (χ4v) is 7.88. The fourth-order valence-electron chi connectivity index (χ4n) is 7.88. The van der Waals surface area contributed by atoms with Gasteiger partial charge in [-0.2, -0.15) is 0 Å². The first-order valence-electron chi connectivity index (χ1n) is 27.6. The van der Waals surface area contributed by atoms with E-state index >= 15 is 0 Å². The van der Waals surface area contributed by atoms with Gasteiger partial charge >= 0.3 is 0 Å². The van der Waals surface area contributed by atoms with Crippen molar-refractivity contribution in [2.45, 2.75) is 109 Å². The molecule has 20 nitrogen and oxygen atoms in total. The van der Waals surface area contributed by atoms with Gasteiger partial charge in [-0.15, -0.1) is 0 Å². The summed E-state index contributed by atoms with van der Waals surface area (Å²) in [6.45, 7) is 15.5. The molecular weight excluding hydrogens is 963 g/mol. The van der Waals surface area contributed by atoms with E-state index in [0.29, 0.717) is 177 Å². The van der Waals surface area contributed by atoms with Crippen LogP contribution in [0.25, 0.3) is 0 Å². The van der Waals surface area contributed by atoms with E-state index in [1.807, 2.05) is 0 Å². The Morgan fingerprint density at radius 3 is 1.14 bits per heavy atom. The van der Waals surface area contributed by atoms with Gasteiger partial charge in [-0.3, -0.25) is 29.4 Å².